The number of hydrogen-bond donors (Lipinski definition) is 0. The van der Waals surface area contributed by atoms with Gasteiger partial charge < -0.3 is 9.64 Å². The number of rotatable bonds is 5. The Morgan fingerprint density at radius 1 is 0.897 bits per heavy atom. The molecule has 3 aromatic rings. The zero-order valence-electron chi connectivity index (χ0n) is 15.9. The van der Waals surface area contributed by atoms with Gasteiger partial charge in [0.15, 0.2) is 0 Å². The molecule has 6 heteroatoms. The highest BCUT2D eigenvalue weighted by Gasteiger charge is 2.22. The summed E-state index contributed by atoms with van der Waals surface area (Å²) in [6, 6.07) is 20.6. The lowest BCUT2D eigenvalue weighted by Gasteiger charge is -2.35. The quantitative estimate of drug-likeness (QED) is 0.641. The van der Waals surface area contributed by atoms with E-state index in [4.69, 9.17) is 0 Å². The van der Waals surface area contributed by atoms with Gasteiger partial charge in [-0.05, 0) is 40.6 Å². The van der Waals surface area contributed by atoms with Crippen molar-refractivity contribution >= 4 is 16.7 Å². The summed E-state index contributed by atoms with van der Waals surface area (Å²) < 4.78 is 28.8. The zero-order valence-corrected chi connectivity index (χ0v) is 15.9. The molecule has 1 amide bonds. The Balaban J connectivity index is 1.36. The van der Waals surface area contributed by atoms with Gasteiger partial charge in [-0.15, -0.1) is 0 Å². The maximum atomic E-state index is 12.7. The van der Waals surface area contributed by atoms with Gasteiger partial charge in [0, 0.05) is 38.3 Å². The largest absolute Gasteiger partial charge is 0.435 e. The third-order valence-electron chi connectivity index (χ3n) is 5.26. The van der Waals surface area contributed by atoms with E-state index in [1.165, 1.54) is 40.6 Å². The van der Waals surface area contributed by atoms with Crippen LogP contribution in [-0.4, -0.2) is 48.5 Å². The number of piperazine rings is 1. The average molecular weight is 396 g/mol. The van der Waals surface area contributed by atoms with Crippen LogP contribution in [0, 0.1) is 0 Å². The molecule has 4 rings (SSSR count). The highest BCUT2D eigenvalue weighted by atomic mass is 19.3. The Labute approximate surface area is 168 Å². The number of hydrogen-bond acceptors (Lipinski definition) is 3. The van der Waals surface area contributed by atoms with E-state index in [-0.39, 0.29) is 11.7 Å². The summed E-state index contributed by atoms with van der Waals surface area (Å²) >= 11 is 0. The number of alkyl halides is 2. The Kier molecular flexibility index (Phi) is 5.71. The second-order valence-corrected chi connectivity index (χ2v) is 7.11. The van der Waals surface area contributed by atoms with Crippen molar-refractivity contribution in [1.29, 1.82) is 0 Å². The summed E-state index contributed by atoms with van der Waals surface area (Å²) in [6.07, 6.45) is 0. The predicted molar refractivity (Wildman–Crippen MR) is 108 cm³/mol. The summed E-state index contributed by atoms with van der Waals surface area (Å²) in [5, 5.41) is 2.50. The van der Waals surface area contributed by atoms with E-state index in [1.807, 2.05) is 11.0 Å². The molecule has 0 N–H and O–H groups in total. The number of benzene rings is 3. The first kappa shape index (κ1) is 19.3. The molecular weight excluding hydrogens is 374 g/mol. The van der Waals surface area contributed by atoms with Crippen LogP contribution < -0.4 is 4.74 Å². The molecule has 4 nitrogen and oxygen atoms in total. The molecule has 150 valence electrons. The average Bonchev–Trinajstić information content (AvgIpc) is 2.74. The van der Waals surface area contributed by atoms with E-state index in [9.17, 15) is 13.6 Å². The number of halogens is 2. The van der Waals surface area contributed by atoms with Crippen molar-refractivity contribution in [1.82, 2.24) is 9.80 Å². The lowest BCUT2D eigenvalue weighted by atomic mass is 10.0. The van der Waals surface area contributed by atoms with Gasteiger partial charge in [0.05, 0.1) is 0 Å². The van der Waals surface area contributed by atoms with Gasteiger partial charge in [-0.25, -0.2) is 0 Å². The third-order valence-corrected chi connectivity index (χ3v) is 5.26. The van der Waals surface area contributed by atoms with Crippen LogP contribution in [-0.2, 0) is 6.54 Å². The molecule has 1 heterocycles. The second kappa shape index (κ2) is 8.57. The van der Waals surface area contributed by atoms with Crippen LogP contribution in [0.15, 0.2) is 66.7 Å². The van der Waals surface area contributed by atoms with Gasteiger partial charge in [0.25, 0.3) is 5.91 Å². The smallest absolute Gasteiger partial charge is 0.387 e. The Morgan fingerprint density at radius 2 is 1.59 bits per heavy atom. The van der Waals surface area contributed by atoms with Crippen molar-refractivity contribution < 1.29 is 18.3 Å². The normalized spacial score (nSPS) is 15.1. The van der Waals surface area contributed by atoms with Crippen molar-refractivity contribution in [2.24, 2.45) is 0 Å². The van der Waals surface area contributed by atoms with Gasteiger partial charge in [-0.2, -0.15) is 8.78 Å². The Morgan fingerprint density at radius 3 is 2.31 bits per heavy atom. The maximum Gasteiger partial charge on any atom is 0.387 e. The molecule has 0 unspecified atom stereocenters. The zero-order chi connectivity index (χ0) is 20.2. The second-order valence-electron chi connectivity index (χ2n) is 7.11. The molecule has 0 atom stereocenters. The fourth-order valence-corrected chi connectivity index (χ4v) is 3.74. The highest BCUT2D eigenvalue weighted by molar-refractivity contribution is 5.94. The number of ether oxygens (including phenoxy) is 1. The van der Waals surface area contributed by atoms with Crippen LogP contribution in [0.3, 0.4) is 0 Å². The number of carbonyl (C=O) groups excluding carboxylic acids is 1. The minimum atomic E-state index is -2.87. The molecule has 29 heavy (non-hydrogen) atoms. The lowest BCUT2D eigenvalue weighted by molar-refractivity contribution is -0.0498. The predicted octanol–water partition coefficient (Wildman–Crippen LogP) is 4.40. The number of amides is 1. The molecule has 0 aromatic heterocycles. The van der Waals surface area contributed by atoms with Crippen molar-refractivity contribution in [3.05, 3.63) is 77.9 Å². The van der Waals surface area contributed by atoms with E-state index in [2.05, 4.69) is 46.0 Å². The minimum absolute atomic E-state index is 0.0523. The highest BCUT2D eigenvalue weighted by Crippen LogP contribution is 2.21. The van der Waals surface area contributed by atoms with E-state index in [0.29, 0.717) is 18.7 Å². The van der Waals surface area contributed by atoms with Crippen LogP contribution in [0.25, 0.3) is 10.8 Å². The van der Waals surface area contributed by atoms with E-state index in [0.717, 1.165) is 19.6 Å². The van der Waals surface area contributed by atoms with Gasteiger partial charge in [-0.3, -0.25) is 9.69 Å². The number of nitrogens with zero attached hydrogens (tertiary/aromatic N) is 2. The molecular formula is C23H22F2N2O2. The first-order chi connectivity index (χ1) is 14.1. The topological polar surface area (TPSA) is 32.8 Å². The summed E-state index contributed by atoms with van der Waals surface area (Å²) in [6.45, 7) is 0.843. The molecule has 0 spiro atoms. The fraction of sp³-hybridized carbons (Fsp3) is 0.261. The van der Waals surface area contributed by atoms with Crippen LogP contribution >= 0.6 is 0 Å². The first-order valence-electron chi connectivity index (χ1n) is 9.63. The molecule has 1 saturated heterocycles. The molecule has 0 bridgehead atoms. The van der Waals surface area contributed by atoms with Crippen molar-refractivity contribution in [3.63, 3.8) is 0 Å². The van der Waals surface area contributed by atoms with Crippen molar-refractivity contribution in [3.8, 4) is 5.75 Å². The Hall–Kier alpha value is -2.99. The monoisotopic (exact) mass is 396 g/mol. The molecule has 1 aliphatic heterocycles. The molecule has 3 aromatic carbocycles. The number of carbonyl (C=O) groups is 1. The molecule has 1 fully saturated rings. The van der Waals surface area contributed by atoms with Crippen molar-refractivity contribution in [2.45, 2.75) is 13.2 Å². The van der Waals surface area contributed by atoms with E-state index in [1.54, 1.807) is 0 Å². The first-order valence-corrected chi connectivity index (χ1v) is 9.63. The molecule has 0 radical (unpaired) electrons. The maximum absolute atomic E-state index is 12.7. The minimum Gasteiger partial charge on any atom is -0.435 e. The third kappa shape index (κ3) is 4.54. The van der Waals surface area contributed by atoms with Gasteiger partial charge in [-0.1, -0.05) is 42.5 Å². The Bertz CT molecular complexity index is 978. The van der Waals surface area contributed by atoms with Gasteiger partial charge in [0.1, 0.15) is 5.75 Å². The molecule has 0 saturated carbocycles. The molecule has 1 aliphatic rings. The fourth-order valence-electron chi connectivity index (χ4n) is 3.74. The van der Waals surface area contributed by atoms with E-state index >= 15 is 0 Å². The lowest BCUT2D eigenvalue weighted by Crippen LogP contribution is -2.48. The van der Waals surface area contributed by atoms with Crippen LogP contribution in [0.4, 0.5) is 8.78 Å². The summed E-state index contributed by atoms with van der Waals surface area (Å²) in [7, 11) is 0. The molecule has 0 aliphatic carbocycles. The van der Waals surface area contributed by atoms with Gasteiger partial charge in [0.2, 0.25) is 0 Å². The van der Waals surface area contributed by atoms with Crippen LogP contribution in [0.1, 0.15) is 15.9 Å². The summed E-state index contributed by atoms with van der Waals surface area (Å²) in [5.74, 6) is -0.0325. The standard InChI is InChI=1S/C23H22F2N2O2/c24-23(25)29-20-10-8-18(9-11-20)22(28)27-14-12-26(13-15-27)16-19-6-3-5-17-4-1-2-7-21(17)19/h1-11,23H,12-16H2. The van der Waals surface area contributed by atoms with Gasteiger partial charge >= 0.3 is 6.61 Å². The summed E-state index contributed by atoms with van der Waals surface area (Å²) in [5.41, 5.74) is 1.77. The summed E-state index contributed by atoms with van der Waals surface area (Å²) in [4.78, 5) is 16.9. The van der Waals surface area contributed by atoms with Crippen LogP contribution in [0.2, 0.25) is 0 Å². The van der Waals surface area contributed by atoms with E-state index < -0.39 is 6.61 Å². The number of fused-ring (bicyclic) bond motifs is 1. The SMILES string of the molecule is O=C(c1ccc(OC(F)F)cc1)N1CCN(Cc2cccc3ccccc23)CC1. The van der Waals surface area contributed by atoms with Crippen molar-refractivity contribution in [2.75, 3.05) is 26.2 Å². The van der Waals surface area contributed by atoms with Crippen LogP contribution in [0.5, 0.6) is 5.75 Å².